The number of rotatable bonds is 9. The molecule has 66 heavy (non-hydrogen) atoms. The van der Waals surface area contributed by atoms with E-state index in [0.717, 1.165) is 86.4 Å². The lowest BCUT2D eigenvalue weighted by Crippen LogP contribution is -2.54. The van der Waals surface area contributed by atoms with E-state index >= 15 is 0 Å². The molecule has 18 heteroatoms. The number of benzene rings is 3. The average molecular weight is 896 g/mol. The molecule has 2 bridgehead atoms. The van der Waals surface area contributed by atoms with Gasteiger partial charge in [0.2, 0.25) is 11.8 Å². The fraction of sp³-hybridized carbons (Fsp3) is 0.438. The number of likely N-dealkylation sites (tertiary alicyclic amines) is 1. The Morgan fingerprint density at radius 3 is 2.21 bits per heavy atom. The molecule has 3 aromatic carbocycles. The second-order valence-electron chi connectivity index (χ2n) is 18.7. The van der Waals surface area contributed by atoms with Crippen LogP contribution in [0.15, 0.2) is 72.8 Å². The summed E-state index contributed by atoms with van der Waals surface area (Å²) in [5, 5.41) is 21.2. The van der Waals surface area contributed by atoms with E-state index in [2.05, 4.69) is 53.3 Å². The van der Waals surface area contributed by atoms with Crippen molar-refractivity contribution in [3.05, 3.63) is 83.9 Å². The number of ether oxygens (including phenoxy) is 1. The number of nitrogens with zero attached hydrogens (tertiary/aromatic N) is 9. The Bertz CT molecular complexity index is 2590. The lowest BCUT2D eigenvalue weighted by Gasteiger charge is -2.43. The molecule has 8 heterocycles. The van der Waals surface area contributed by atoms with Crippen molar-refractivity contribution >= 4 is 52.5 Å². The smallest absolute Gasteiger partial charge is 0.320 e. The number of piperazine rings is 2. The summed E-state index contributed by atoms with van der Waals surface area (Å²) in [6.45, 7) is 8.62. The van der Waals surface area contributed by atoms with Crippen molar-refractivity contribution in [3.8, 4) is 22.8 Å². The van der Waals surface area contributed by atoms with Crippen molar-refractivity contribution in [1.29, 1.82) is 0 Å². The van der Waals surface area contributed by atoms with Gasteiger partial charge in [-0.25, -0.2) is 4.79 Å². The molecule has 7 aliphatic heterocycles. The van der Waals surface area contributed by atoms with Gasteiger partial charge in [0.1, 0.15) is 24.1 Å². The number of aromatic hydroxyl groups is 1. The van der Waals surface area contributed by atoms with Gasteiger partial charge in [-0.1, -0.05) is 18.2 Å². The Morgan fingerprint density at radius 2 is 1.47 bits per heavy atom. The zero-order valence-electron chi connectivity index (χ0n) is 36.6. The number of phenolic OH excluding ortho intramolecular Hbond substituents is 1. The highest BCUT2D eigenvalue weighted by atomic mass is 16.5. The van der Waals surface area contributed by atoms with E-state index in [4.69, 9.17) is 10.5 Å². The summed E-state index contributed by atoms with van der Waals surface area (Å²) >= 11 is 0. The van der Waals surface area contributed by atoms with Crippen molar-refractivity contribution in [2.24, 2.45) is 11.8 Å². The molecule has 6 amide bonds. The number of nitrogens with one attached hydrogen (secondary N) is 1. The lowest BCUT2D eigenvalue weighted by molar-refractivity contribution is -0.136. The molecule has 342 valence electrons. The number of piperidine rings is 1. The van der Waals surface area contributed by atoms with Gasteiger partial charge >= 0.3 is 6.03 Å². The highest BCUT2D eigenvalue weighted by Gasteiger charge is 2.47. The van der Waals surface area contributed by atoms with Crippen molar-refractivity contribution in [2.45, 2.75) is 43.8 Å². The number of urea groups is 1. The van der Waals surface area contributed by atoms with E-state index in [-0.39, 0.29) is 35.7 Å². The minimum Gasteiger partial charge on any atom is -0.507 e. The quantitative estimate of drug-likeness (QED) is 0.207. The van der Waals surface area contributed by atoms with Gasteiger partial charge in [0.25, 0.3) is 11.8 Å². The molecule has 0 radical (unpaired) electrons. The SMILES string of the molecule is Nc1nnc(-c2ccccc2O)cc1N1CC2CCC(C1)N2c1cccc(OCCN2CCN(C(=O)N3C[C@@H]4CN(c5ccc6c(c5)C(=O)N(C5CCC(=O)NC5=O)C6=O)C[C@@H]4C3)CC2)c1. The summed E-state index contributed by atoms with van der Waals surface area (Å²) in [4.78, 5) is 78.9. The first-order chi connectivity index (χ1) is 32.1. The number of fused-ring (bicyclic) bond motifs is 4. The molecule has 0 aliphatic carbocycles. The minimum atomic E-state index is -0.997. The third kappa shape index (κ3) is 7.55. The van der Waals surface area contributed by atoms with Gasteiger partial charge in [0.15, 0.2) is 5.82 Å². The van der Waals surface area contributed by atoms with Crippen LogP contribution < -0.4 is 30.5 Å². The third-order valence-corrected chi connectivity index (χ3v) is 14.8. The summed E-state index contributed by atoms with van der Waals surface area (Å²) in [7, 11) is 0. The zero-order chi connectivity index (χ0) is 45.2. The lowest BCUT2D eigenvalue weighted by atomic mass is 10.0. The normalized spacial score (nSPS) is 25.2. The number of anilines is 4. The molecule has 0 saturated carbocycles. The number of nitrogens with two attached hydrogens (primary N) is 1. The Labute approximate surface area is 381 Å². The third-order valence-electron chi connectivity index (χ3n) is 14.8. The summed E-state index contributed by atoms with van der Waals surface area (Å²) in [6, 6.07) is 22.4. The van der Waals surface area contributed by atoms with E-state index < -0.39 is 29.7 Å². The number of imide groups is 2. The highest BCUT2D eigenvalue weighted by molar-refractivity contribution is 6.23. The van der Waals surface area contributed by atoms with Crippen LogP contribution >= 0.6 is 0 Å². The molecular weight excluding hydrogens is 843 g/mol. The highest BCUT2D eigenvalue weighted by Crippen LogP contribution is 2.41. The standard InChI is InChI=1S/C48H53N11O7/c49-44-41(22-39(51-52-44)37-6-1-2-7-42(37)60)56-27-33-8-9-34(28-56)58(33)32-4-3-5-35(20-32)66-19-18-53-14-16-54(17-15-53)48(65)57-25-29-23-55(24-30(29)26-57)31-10-11-36-38(21-31)47(64)59(46(36)63)40-12-13-43(61)50-45(40)62/h1-7,10-11,20-22,29-30,33-34,40,60H,8-9,12-19,23-28H2,(H2,49,52)(H,50,61,62)/t29-,30+,33?,34?,40?. The van der Waals surface area contributed by atoms with Crippen LogP contribution in [0.1, 0.15) is 46.4 Å². The maximum atomic E-state index is 13.7. The molecule has 4 N–H and O–H groups in total. The monoisotopic (exact) mass is 895 g/mol. The van der Waals surface area contributed by atoms with Gasteiger partial charge in [-0.2, -0.15) is 0 Å². The van der Waals surface area contributed by atoms with Gasteiger partial charge < -0.3 is 40.1 Å². The minimum absolute atomic E-state index is 0.0762. The van der Waals surface area contributed by atoms with Crippen LogP contribution in [0.3, 0.4) is 0 Å². The maximum Gasteiger partial charge on any atom is 0.320 e. The van der Waals surface area contributed by atoms with Crippen molar-refractivity contribution in [3.63, 3.8) is 0 Å². The topological polar surface area (TPSA) is 201 Å². The molecule has 1 aromatic heterocycles. The number of phenols is 1. The maximum absolute atomic E-state index is 13.7. The number of hydrogen-bond donors (Lipinski definition) is 3. The molecule has 6 saturated heterocycles. The Hall–Kier alpha value is -6.95. The van der Waals surface area contributed by atoms with E-state index in [1.807, 2.05) is 40.1 Å². The zero-order valence-corrected chi connectivity index (χ0v) is 36.6. The predicted octanol–water partition coefficient (Wildman–Crippen LogP) is 2.87. The Morgan fingerprint density at radius 1 is 0.727 bits per heavy atom. The average Bonchev–Trinajstić information content (AvgIpc) is 4.05. The van der Waals surface area contributed by atoms with Crippen molar-refractivity contribution in [2.75, 3.05) is 99.0 Å². The van der Waals surface area contributed by atoms with Crippen LogP contribution in [0, 0.1) is 11.8 Å². The number of aromatic nitrogens is 2. The number of amides is 6. The summed E-state index contributed by atoms with van der Waals surface area (Å²) in [6.07, 6.45) is 2.34. The van der Waals surface area contributed by atoms with Crippen molar-refractivity contribution < 1.29 is 33.8 Å². The number of carbonyl (C=O) groups is 5. The van der Waals surface area contributed by atoms with E-state index in [1.165, 1.54) is 0 Å². The van der Waals surface area contributed by atoms with Gasteiger partial charge in [-0.05, 0) is 67.8 Å². The fourth-order valence-electron chi connectivity index (χ4n) is 11.4. The first-order valence-electron chi connectivity index (χ1n) is 23.1. The molecule has 0 spiro atoms. The predicted molar refractivity (Wildman–Crippen MR) is 244 cm³/mol. The molecule has 6 fully saturated rings. The van der Waals surface area contributed by atoms with E-state index in [1.54, 1.807) is 24.3 Å². The first-order valence-corrected chi connectivity index (χ1v) is 23.1. The molecule has 18 nitrogen and oxygen atoms in total. The molecular formula is C48H53N11O7. The molecule has 5 atom stereocenters. The van der Waals surface area contributed by atoms with E-state index in [9.17, 15) is 29.1 Å². The van der Waals surface area contributed by atoms with Crippen LogP contribution in [-0.4, -0.2) is 161 Å². The number of para-hydroxylation sites is 1. The van der Waals surface area contributed by atoms with Crippen LogP contribution in [0.25, 0.3) is 11.3 Å². The first kappa shape index (κ1) is 41.7. The summed E-state index contributed by atoms with van der Waals surface area (Å²) in [5.74, 6) is -0.0747. The second kappa shape index (κ2) is 16.8. The fourth-order valence-corrected chi connectivity index (χ4v) is 11.4. The van der Waals surface area contributed by atoms with E-state index in [0.29, 0.717) is 73.8 Å². The molecule has 7 aliphatic rings. The van der Waals surface area contributed by atoms with Gasteiger partial charge in [0.05, 0.1) is 22.5 Å². The molecule has 11 rings (SSSR count). The Balaban J connectivity index is 0.633. The second-order valence-corrected chi connectivity index (χ2v) is 18.7. The molecule has 4 aromatic rings. The van der Waals surface area contributed by atoms with Gasteiger partial charge in [-0.15, -0.1) is 10.2 Å². The van der Waals surface area contributed by atoms with Crippen LogP contribution in [0.2, 0.25) is 0 Å². The summed E-state index contributed by atoms with van der Waals surface area (Å²) in [5.41, 5.74) is 11.0. The van der Waals surface area contributed by atoms with Gasteiger partial charge in [0, 0.05) is 125 Å². The van der Waals surface area contributed by atoms with Crippen molar-refractivity contribution in [1.82, 2.24) is 35.1 Å². The van der Waals surface area contributed by atoms with Crippen LogP contribution in [0.4, 0.5) is 27.7 Å². The number of carbonyl (C=O) groups excluding carboxylic acids is 5. The largest absolute Gasteiger partial charge is 0.507 e. The van der Waals surface area contributed by atoms with Crippen LogP contribution in [0.5, 0.6) is 11.5 Å². The summed E-state index contributed by atoms with van der Waals surface area (Å²) < 4.78 is 6.33. The number of nitrogen functional groups attached to an aromatic ring is 1. The number of hydrogen-bond acceptors (Lipinski definition) is 14. The Kier molecular flexibility index (Phi) is 10.6. The van der Waals surface area contributed by atoms with Gasteiger partial charge in [-0.3, -0.25) is 34.3 Å². The molecule has 3 unspecified atom stereocenters. The van der Waals surface area contributed by atoms with Crippen LogP contribution in [-0.2, 0) is 9.59 Å².